The van der Waals surface area contributed by atoms with Crippen LogP contribution in [-0.2, 0) is 4.74 Å². The molecule has 0 saturated carbocycles. The standard InChI is InChI=1S/C12H26OS4/c1-7-14-11(5,15-8-2)13-12(6,16-9-3)17-10-4/h7-10H2,1-6H3. The van der Waals surface area contributed by atoms with Gasteiger partial charge in [0.15, 0.2) is 8.53 Å². The third-order valence-electron chi connectivity index (χ3n) is 2.00. The predicted octanol–water partition coefficient (Wildman–Crippen LogP) is 5.36. The van der Waals surface area contributed by atoms with Crippen LogP contribution in [0.2, 0.25) is 0 Å². The summed E-state index contributed by atoms with van der Waals surface area (Å²) in [5.41, 5.74) is 0. The Morgan fingerprint density at radius 2 is 0.882 bits per heavy atom. The van der Waals surface area contributed by atoms with Gasteiger partial charge < -0.3 is 4.74 Å². The fourth-order valence-electron chi connectivity index (χ4n) is 1.59. The topological polar surface area (TPSA) is 9.23 Å². The van der Waals surface area contributed by atoms with E-state index in [1.54, 1.807) is 0 Å². The third kappa shape index (κ3) is 7.51. The van der Waals surface area contributed by atoms with Gasteiger partial charge in [0.2, 0.25) is 0 Å². The van der Waals surface area contributed by atoms with Gasteiger partial charge in [-0.15, -0.1) is 47.0 Å². The molecule has 0 aliphatic rings. The Morgan fingerprint density at radius 3 is 1.06 bits per heavy atom. The van der Waals surface area contributed by atoms with Crippen molar-refractivity contribution in [2.24, 2.45) is 0 Å². The zero-order valence-electron chi connectivity index (χ0n) is 11.9. The molecule has 0 aromatic heterocycles. The molecule has 0 aliphatic carbocycles. The number of hydrogen-bond donors (Lipinski definition) is 0. The van der Waals surface area contributed by atoms with E-state index in [9.17, 15) is 0 Å². The maximum Gasteiger partial charge on any atom is 0.160 e. The van der Waals surface area contributed by atoms with Crippen LogP contribution in [0.15, 0.2) is 0 Å². The Bertz CT molecular complexity index is 167. The maximum absolute atomic E-state index is 6.44. The normalized spacial score (nSPS) is 13.1. The van der Waals surface area contributed by atoms with Crippen molar-refractivity contribution in [3.63, 3.8) is 0 Å². The number of thioether (sulfide) groups is 4. The molecular weight excluding hydrogens is 288 g/mol. The minimum absolute atomic E-state index is 0.122. The van der Waals surface area contributed by atoms with Gasteiger partial charge in [-0.2, -0.15) is 0 Å². The number of ether oxygens (including phenoxy) is 1. The molecule has 0 spiro atoms. The SMILES string of the molecule is CCSC(C)(OC(C)(SCC)SCC)SCC. The molecular formula is C12H26OS4. The fourth-order valence-corrected chi connectivity index (χ4v) is 6.88. The van der Waals surface area contributed by atoms with Gasteiger partial charge in [-0.25, -0.2) is 0 Å². The van der Waals surface area contributed by atoms with E-state index in [1.807, 2.05) is 47.0 Å². The lowest BCUT2D eigenvalue weighted by atomic mass is 10.7. The second-order valence-electron chi connectivity index (χ2n) is 3.56. The largest absolute Gasteiger partial charge is 0.329 e. The first-order valence-electron chi connectivity index (χ1n) is 6.21. The Labute approximate surface area is 124 Å². The predicted molar refractivity (Wildman–Crippen MR) is 90.4 cm³/mol. The smallest absolute Gasteiger partial charge is 0.160 e. The monoisotopic (exact) mass is 314 g/mol. The van der Waals surface area contributed by atoms with Gasteiger partial charge in [0.1, 0.15) is 0 Å². The second-order valence-corrected chi connectivity index (χ2v) is 10.7. The lowest BCUT2D eigenvalue weighted by Crippen LogP contribution is -2.33. The highest BCUT2D eigenvalue weighted by Gasteiger charge is 2.36. The highest BCUT2D eigenvalue weighted by Crippen LogP contribution is 2.48. The van der Waals surface area contributed by atoms with Crippen molar-refractivity contribution in [3.05, 3.63) is 0 Å². The summed E-state index contributed by atoms with van der Waals surface area (Å²) in [4.78, 5) is 0. The molecule has 0 N–H and O–H groups in total. The van der Waals surface area contributed by atoms with Crippen LogP contribution < -0.4 is 0 Å². The molecule has 0 saturated heterocycles. The first-order valence-corrected chi connectivity index (χ1v) is 10.2. The summed E-state index contributed by atoms with van der Waals surface area (Å²) in [5.74, 6) is 4.36. The molecule has 0 rings (SSSR count). The van der Waals surface area contributed by atoms with Gasteiger partial charge in [-0.3, -0.25) is 0 Å². The van der Waals surface area contributed by atoms with E-state index in [0.29, 0.717) is 0 Å². The lowest BCUT2D eigenvalue weighted by molar-refractivity contribution is 0.0700. The van der Waals surface area contributed by atoms with Crippen LogP contribution in [0.5, 0.6) is 0 Å². The number of hydrogen-bond acceptors (Lipinski definition) is 5. The summed E-state index contributed by atoms with van der Waals surface area (Å²) in [5, 5.41) is 0. The van der Waals surface area contributed by atoms with Crippen LogP contribution in [0.3, 0.4) is 0 Å². The third-order valence-corrected chi connectivity index (χ3v) is 7.00. The van der Waals surface area contributed by atoms with Gasteiger partial charge >= 0.3 is 0 Å². The minimum Gasteiger partial charge on any atom is -0.329 e. The van der Waals surface area contributed by atoms with Gasteiger partial charge in [-0.1, -0.05) is 27.7 Å². The Kier molecular flexibility index (Phi) is 10.0. The van der Waals surface area contributed by atoms with Crippen molar-refractivity contribution < 1.29 is 4.74 Å². The first kappa shape index (κ1) is 18.4. The van der Waals surface area contributed by atoms with Crippen molar-refractivity contribution in [1.82, 2.24) is 0 Å². The van der Waals surface area contributed by atoms with Crippen LogP contribution in [-0.4, -0.2) is 31.5 Å². The summed E-state index contributed by atoms with van der Waals surface area (Å²) in [6.45, 7) is 13.2. The van der Waals surface area contributed by atoms with E-state index in [2.05, 4.69) is 41.5 Å². The van der Waals surface area contributed by atoms with Crippen molar-refractivity contribution in [2.45, 2.75) is 50.1 Å². The van der Waals surface area contributed by atoms with Crippen LogP contribution in [0.4, 0.5) is 0 Å². The molecule has 0 aromatic carbocycles. The maximum atomic E-state index is 6.44. The van der Waals surface area contributed by atoms with E-state index < -0.39 is 0 Å². The van der Waals surface area contributed by atoms with Crippen LogP contribution in [0.25, 0.3) is 0 Å². The summed E-state index contributed by atoms with van der Waals surface area (Å²) in [6, 6.07) is 0. The Hall–Kier alpha value is 1.36. The van der Waals surface area contributed by atoms with E-state index in [1.165, 1.54) is 0 Å². The molecule has 0 unspecified atom stereocenters. The summed E-state index contributed by atoms with van der Waals surface area (Å²) < 4.78 is 6.19. The molecule has 0 aromatic rings. The molecule has 0 atom stereocenters. The average molecular weight is 315 g/mol. The van der Waals surface area contributed by atoms with Crippen molar-refractivity contribution >= 4 is 47.0 Å². The van der Waals surface area contributed by atoms with Crippen LogP contribution in [0.1, 0.15) is 41.5 Å². The van der Waals surface area contributed by atoms with Crippen molar-refractivity contribution in [3.8, 4) is 0 Å². The van der Waals surface area contributed by atoms with E-state index in [4.69, 9.17) is 4.74 Å². The van der Waals surface area contributed by atoms with Gasteiger partial charge in [0, 0.05) is 0 Å². The molecule has 5 heteroatoms. The summed E-state index contributed by atoms with van der Waals surface area (Å²) >= 11 is 7.58. The second kappa shape index (κ2) is 9.29. The average Bonchev–Trinajstić information content (AvgIpc) is 2.17. The molecule has 0 amide bonds. The molecule has 0 radical (unpaired) electrons. The first-order chi connectivity index (χ1) is 7.95. The van der Waals surface area contributed by atoms with Crippen LogP contribution in [0, 0.1) is 0 Å². The van der Waals surface area contributed by atoms with Gasteiger partial charge in [-0.05, 0) is 36.9 Å². The Morgan fingerprint density at radius 1 is 0.647 bits per heavy atom. The molecule has 0 aliphatic heterocycles. The lowest BCUT2D eigenvalue weighted by Gasteiger charge is -2.38. The zero-order chi connectivity index (χ0) is 13.4. The van der Waals surface area contributed by atoms with Crippen LogP contribution >= 0.6 is 47.0 Å². The van der Waals surface area contributed by atoms with E-state index in [-0.39, 0.29) is 8.53 Å². The highest BCUT2D eigenvalue weighted by atomic mass is 32.2. The number of rotatable bonds is 10. The van der Waals surface area contributed by atoms with Gasteiger partial charge in [0.05, 0.1) is 0 Å². The molecule has 0 heterocycles. The zero-order valence-corrected chi connectivity index (χ0v) is 15.1. The van der Waals surface area contributed by atoms with Crippen molar-refractivity contribution in [2.75, 3.05) is 23.0 Å². The molecule has 0 fully saturated rings. The highest BCUT2D eigenvalue weighted by molar-refractivity contribution is 8.19. The summed E-state index contributed by atoms with van der Waals surface area (Å²) in [7, 11) is 0. The minimum atomic E-state index is -0.122. The van der Waals surface area contributed by atoms with E-state index >= 15 is 0 Å². The quantitative estimate of drug-likeness (QED) is 0.500. The van der Waals surface area contributed by atoms with E-state index in [0.717, 1.165) is 23.0 Å². The molecule has 0 bridgehead atoms. The van der Waals surface area contributed by atoms with Gasteiger partial charge in [0.25, 0.3) is 0 Å². The molecule has 17 heavy (non-hydrogen) atoms. The Balaban J connectivity index is 4.65. The molecule has 104 valence electrons. The molecule has 1 nitrogen and oxygen atoms in total. The van der Waals surface area contributed by atoms with Crippen molar-refractivity contribution in [1.29, 1.82) is 0 Å². The summed E-state index contributed by atoms with van der Waals surface area (Å²) in [6.07, 6.45) is 0. The fraction of sp³-hybridized carbons (Fsp3) is 1.00.